The molecule has 0 aromatic carbocycles. The summed E-state index contributed by atoms with van der Waals surface area (Å²) in [5.74, 6) is 7.37. The third kappa shape index (κ3) is 4.43. The fourth-order valence-electron chi connectivity index (χ4n) is 2.17. The van der Waals surface area contributed by atoms with Gasteiger partial charge in [-0.2, -0.15) is 0 Å². The average Bonchev–Trinajstić information content (AvgIpc) is 2.07. The second kappa shape index (κ2) is 6.41. The van der Waals surface area contributed by atoms with E-state index in [9.17, 15) is 0 Å². The van der Waals surface area contributed by atoms with Crippen LogP contribution in [0.1, 0.15) is 58.8 Å². The first kappa shape index (κ1) is 12.0. The molecule has 0 aromatic heterocycles. The Morgan fingerprint density at radius 3 is 2.43 bits per heavy atom. The zero-order valence-electron chi connectivity index (χ0n) is 9.76. The third-order valence-electron chi connectivity index (χ3n) is 3.41. The van der Waals surface area contributed by atoms with Crippen molar-refractivity contribution in [2.45, 2.75) is 64.8 Å². The SMILES string of the molecule is CC(C)CCCC(CC1CCC1)NN. The maximum atomic E-state index is 5.57. The van der Waals surface area contributed by atoms with Crippen LogP contribution in [-0.2, 0) is 0 Å². The maximum Gasteiger partial charge on any atom is 0.0213 e. The fourth-order valence-corrected chi connectivity index (χ4v) is 2.17. The molecule has 2 heteroatoms. The van der Waals surface area contributed by atoms with Crippen LogP contribution >= 0.6 is 0 Å². The van der Waals surface area contributed by atoms with Gasteiger partial charge in [0.15, 0.2) is 0 Å². The summed E-state index contributed by atoms with van der Waals surface area (Å²) < 4.78 is 0. The standard InChI is InChI=1S/C12H26N2/c1-10(2)5-3-8-12(14-13)9-11-6-4-7-11/h10-12,14H,3-9,13H2,1-2H3. The van der Waals surface area contributed by atoms with Crippen molar-refractivity contribution in [2.24, 2.45) is 17.7 Å². The molecule has 14 heavy (non-hydrogen) atoms. The molecule has 0 saturated heterocycles. The Kier molecular flexibility index (Phi) is 5.49. The summed E-state index contributed by atoms with van der Waals surface area (Å²) in [5.41, 5.74) is 2.97. The minimum absolute atomic E-state index is 0.569. The Balaban J connectivity index is 2.04. The van der Waals surface area contributed by atoms with Crippen LogP contribution in [-0.4, -0.2) is 6.04 Å². The van der Waals surface area contributed by atoms with Gasteiger partial charge in [0.25, 0.3) is 0 Å². The molecule has 1 aliphatic carbocycles. The van der Waals surface area contributed by atoms with Crippen molar-refractivity contribution in [1.29, 1.82) is 0 Å². The maximum absolute atomic E-state index is 5.57. The van der Waals surface area contributed by atoms with E-state index in [2.05, 4.69) is 19.3 Å². The predicted octanol–water partition coefficient (Wildman–Crippen LogP) is 2.83. The van der Waals surface area contributed by atoms with Crippen LogP contribution in [0.4, 0.5) is 0 Å². The minimum atomic E-state index is 0.569. The van der Waals surface area contributed by atoms with E-state index in [0.717, 1.165) is 11.8 Å². The van der Waals surface area contributed by atoms with Crippen LogP contribution in [0.5, 0.6) is 0 Å². The average molecular weight is 198 g/mol. The van der Waals surface area contributed by atoms with Gasteiger partial charge >= 0.3 is 0 Å². The topological polar surface area (TPSA) is 38.0 Å². The molecule has 0 amide bonds. The van der Waals surface area contributed by atoms with Crippen LogP contribution in [0.2, 0.25) is 0 Å². The van der Waals surface area contributed by atoms with Gasteiger partial charge in [-0.3, -0.25) is 11.3 Å². The van der Waals surface area contributed by atoms with Gasteiger partial charge in [-0.25, -0.2) is 0 Å². The molecular weight excluding hydrogens is 172 g/mol. The van der Waals surface area contributed by atoms with Crippen molar-refractivity contribution in [3.8, 4) is 0 Å². The lowest BCUT2D eigenvalue weighted by atomic mass is 9.80. The van der Waals surface area contributed by atoms with Crippen molar-refractivity contribution in [3.63, 3.8) is 0 Å². The Bertz CT molecular complexity index is 141. The highest BCUT2D eigenvalue weighted by Gasteiger charge is 2.21. The highest BCUT2D eigenvalue weighted by atomic mass is 15.2. The minimum Gasteiger partial charge on any atom is -0.271 e. The van der Waals surface area contributed by atoms with Gasteiger partial charge in [0.1, 0.15) is 0 Å². The number of hydrazine groups is 1. The molecule has 1 rings (SSSR count). The van der Waals surface area contributed by atoms with Crippen molar-refractivity contribution < 1.29 is 0 Å². The van der Waals surface area contributed by atoms with E-state index >= 15 is 0 Å². The van der Waals surface area contributed by atoms with Gasteiger partial charge < -0.3 is 0 Å². The first-order valence-electron chi connectivity index (χ1n) is 6.18. The van der Waals surface area contributed by atoms with E-state index in [1.54, 1.807) is 0 Å². The van der Waals surface area contributed by atoms with Gasteiger partial charge in [0.05, 0.1) is 0 Å². The predicted molar refractivity (Wildman–Crippen MR) is 61.8 cm³/mol. The summed E-state index contributed by atoms with van der Waals surface area (Å²) in [6, 6.07) is 0.569. The molecule has 2 nitrogen and oxygen atoms in total. The van der Waals surface area contributed by atoms with Crippen LogP contribution in [0, 0.1) is 11.8 Å². The number of nitrogens with two attached hydrogens (primary N) is 1. The van der Waals surface area contributed by atoms with Gasteiger partial charge in [-0.05, 0) is 24.7 Å². The summed E-state index contributed by atoms with van der Waals surface area (Å²) in [6.45, 7) is 4.58. The number of nitrogens with one attached hydrogen (secondary N) is 1. The van der Waals surface area contributed by atoms with Crippen molar-refractivity contribution in [1.82, 2.24) is 5.43 Å². The molecule has 84 valence electrons. The first-order valence-corrected chi connectivity index (χ1v) is 6.18. The molecular formula is C12H26N2. The molecule has 1 fully saturated rings. The smallest absolute Gasteiger partial charge is 0.0213 e. The van der Waals surface area contributed by atoms with Crippen LogP contribution < -0.4 is 11.3 Å². The fraction of sp³-hybridized carbons (Fsp3) is 1.00. The van der Waals surface area contributed by atoms with Crippen LogP contribution in [0.3, 0.4) is 0 Å². The lowest BCUT2D eigenvalue weighted by molar-refractivity contribution is 0.251. The van der Waals surface area contributed by atoms with E-state index in [-0.39, 0.29) is 0 Å². The van der Waals surface area contributed by atoms with Crippen LogP contribution in [0.25, 0.3) is 0 Å². The Morgan fingerprint density at radius 2 is 2.00 bits per heavy atom. The van der Waals surface area contributed by atoms with Gasteiger partial charge in [0, 0.05) is 6.04 Å². The van der Waals surface area contributed by atoms with Crippen molar-refractivity contribution in [2.75, 3.05) is 0 Å². The molecule has 1 aliphatic rings. The second-order valence-corrected chi connectivity index (χ2v) is 5.22. The largest absolute Gasteiger partial charge is 0.271 e. The van der Waals surface area contributed by atoms with E-state index in [1.807, 2.05) is 0 Å². The third-order valence-corrected chi connectivity index (χ3v) is 3.41. The molecule has 1 unspecified atom stereocenters. The Labute approximate surface area is 88.6 Å². The molecule has 0 aliphatic heterocycles. The first-order chi connectivity index (χ1) is 6.72. The zero-order valence-corrected chi connectivity index (χ0v) is 9.76. The normalized spacial score (nSPS) is 19.7. The van der Waals surface area contributed by atoms with Crippen molar-refractivity contribution >= 4 is 0 Å². The van der Waals surface area contributed by atoms with E-state index in [1.165, 1.54) is 44.9 Å². The van der Waals surface area contributed by atoms with E-state index in [4.69, 9.17) is 5.84 Å². The van der Waals surface area contributed by atoms with Gasteiger partial charge in [0.2, 0.25) is 0 Å². The van der Waals surface area contributed by atoms with Crippen molar-refractivity contribution in [3.05, 3.63) is 0 Å². The summed E-state index contributed by atoms with van der Waals surface area (Å²) in [5, 5.41) is 0. The second-order valence-electron chi connectivity index (χ2n) is 5.22. The lowest BCUT2D eigenvalue weighted by Gasteiger charge is -2.29. The molecule has 3 N–H and O–H groups in total. The van der Waals surface area contributed by atoms with Gasteiger partial charge in [-0.15, -0.1) is 0 Å². The molecule has 0 aromatic rings. The summed E-state index contributed by atoms with van der Waals surface area (Å²) in [6.07, 6.45) is 9.51. The molecule has 0 spiro atoms. The number of hydrogen-bond acceptors (Lipinski definition) is 2. The lowest BCUT2D eigenvalue weighted by Crippen LogP contribution is -2.37. The molecule has 0 bridgehead atoms. The van der Waals surface area contributed by atoms with E-state index < -0.39 is 0 Å². The monoisotopic (exact) mass is 198 g/mol. The Hall–Kier alpha value is -0.0800. The summed E-state index contributed by atoms with van der Waals surface area (Å²) in [4.78, 5) is 0. The molecule has 0 radical (unpaired) electrons. The van der Waals surface area contributed by atoms with E-state index in [0.29, 0.717) is 6.04 Å². The highest BCUT2D eigenvalue weighted by molar-refractivity contribution is 4.76. The number of rotatable bonds is 7. The summed E-state index contributed by atoms with van der Waals surface area (Å²) >= 11 is 0. The highest BCUT2D eigenvalue weighted by Crippen LogP contribution is 2.31. The number of hydrogen-bond donors (Lipinski definition) is 2. The van der Waals surface area contributed by atoms with Crippen LogP contribution in [0.15, 0.2) is 0 Å². The summed E-state index contributed by atoms with van der Waals surface area (Å²) in [7, 11) is 0. The zero-order chi connectivity index (χ0) is 10.4. The quantitative estimate of drug-likeness (QED) is 0.487. The molecule has 0 heterocycles. The Morgan fingerprint density at radius 1 is 1.29 bits per heavy atom. The molecule has 1 saturated carbocycles. The van der Waals surface area contributed by atoms with Gasteiger partial charge in [-0.1, -0.05) is 46.0 Å². The molecule has 1 atom stereocenters.